The van der Waals surface area contributed by atoms with Gasteiger partial charge >= 0.3 is 5.69 Å². The van der Waals surface area contributed by atoms with E-state index in [1.165, 1.54) is 25.5 Å². The number of rotatable bonds is 5. The van der Waals surface area contributed by atoms with Gasteiger partial charge in [0.05, 0.1) is 11.1 Å². The van der Waals surface area contributed by atoms with Crippen LogP contribution in [0, 0.1) is 17.0 Å². The molecule has 2 rings (SSSR count). The van der Waals surface area contributed by atoms with E-state index in [9.17, 15) is 10.1 Å². The molecule has 0 amide bonds. The molecule has 0 aromatic heterocycles. The molecule has 0 saturated heterocycles. The van der Waals surface area contributed by atoms with Crippen LogP contribution in [0.4, 0.5) is 5.69 Å². The Labute approximate surface area is 121 Å². The molecule has 108 valence electrons. The maximum absolute atomic E-state index is 11.1. The zero-order valence-corrected chi connectivity index (χ0v) is 11.6. The van der Waals surface area contributed by atoms with Crippen molar-refractivity contribution >= 4 is 11.9 Å². The van der Waals surface area contributed by atoms with Crippen LogP contribution in [-0.4, -0.2) is 18.2 Å². The molecule has 0 unspecified atom stereocenters. The van der Waals surface area contributed by atoms with Gasteiger partial charge in [0, 0.05) is 11.6 Å². The maximum atomic E-state index is 11.1. The molecule has 0 saturated carbocycles. The Kier molecular flexibility index (Phi) is 4.50. The van der Waals surface area contributed by atoms with Crippen LogP contribution in [-0.2, 0) is 4.84 Å². The second kappa shape index (κ2) is 6.51. The Bertz CT molecular complexity index is 666. The Hall–Kier alpha value is -2.89. The molecule has 0 N–H and O–H groups in total. The minimum absolute atomic E-state index is 0.129. The SMILES string of the molecule is CO/N=C\c1ccc(Oc2ccc(C)cc2)c([N+](=O)[O-])c1. The lowest BCUT2D eigenvalue weighted by Gasteiger charge is -2.07. The van der Waals surface area contributed by atoms with E-state index in [1.54, 1.807) is 18.2 Å². The topological polar surface area (TPSA) is 74.0 Å². The average molecular weight is 286 g/mol. The zero-order valence-electron chi connectivity index (χ0n) is 11.6. The van der Waals surface area contributed by atoms with Gasteiger partial charge in [0.15, 0.2) is 0 Å². The molecule has 0 aliphatic carbocycles. The second-order valence-electron chi connectivity index (χ2n) is 4.32. The molecule has 0 fully saturated rings. The van der Waals surface area contributed by atoms with Crippen molar-refractivity contribution in [2.24, 2.45) is 5.16 Å². The number of benzene rings is 2. The summed E-state index contributed by atoms with van der Waals surface area (Å²) in [5.74, 6) is 0.723. The van der Waals surface area contributed by atoms with Crippen molar-refractivity contribution in [2.45, 2.75) is 6.92 Å². The fourth-order valence-electron chi connectivity index (χ4n) is 1.69. The van der Waals surface area contributed by atoms with E-state index in [1.807, 2.05) is 19.1 Å². The average Bonchev–Trinajstić information content (AvgIpc) is 2.48. The fraction of sp³-hybridized carbons (Fsp3) is 0.133. The quantitative estimate of drug-likeness (QED) is 0.477. The molecule has 0 bridgehead atoms. The largest absolute Gasteiger partial charge is 0.450 e. The summed E-state index contributed by atoms with van der Waals surface area (Å²) in [7, 11) is 1.40. The number of aryl methyl sites for hydroxylation is 1. The molecule has 6 heteroatoms. The molecule has 0 spiro atoms. The number of ether oxygens (including phenoxy) is 1. The Morgan fingerprint density at radius 1 is 1.19 bits per heavy atom. The molecule has 0 aliphatic heterocycles. The predicted octanol–water partition coefficient (Wildman–Crippen LogP) is 3.68. The molecule has 0 atom stereocenters. The van der Waals surface area contributed by atoms with Crippen molar-refractivity contribution in [2.75, 3.05) is 7.11 Å². The summed E-state index contributed by atoms with van der Waals surface area (Å²) in [6.45, 7) is 1.95. The minimum atomic E-state index is -0.492. The van der Waals surface area contributed by atoms with E-state index in [4.69, 9.17) is 4.74 Å². The van der Waals surface area contributed by atoms with Crippen LogP contribution in [0.15, 0.2) is 47.6 Å². The third-order valence-electron chi connectivity index (χ3n) is 2.74. The summed E-state index contributed by atoms with van der Waals surface area (Å²) in [4.78, 5) is 15.2. The van der Waals surface area contributed by atoms with Crippen molar-refractivity contribution in [3.05, 3.63) is 63.7 Å². The second-order valence-corrected chi connectivity index (χ2v) is 4.32. The van der Waals surface area contributed by atoms with Gasteiger partial charge in [0.25, 0.3) is 0 Å². The first-order valence-electron chi connectivity index (χ1n) is 6.19. The zero-order chi connectivity index (χ0) is 15.2. The third-order valence-corrected chi connectivity index (χ3v) is 2.74. The number of oxime groups is 1. The van der Waals surface area contributed by atoms with Crippen LogP contribution in [0.1, 0.15) is 11.1 Å². The van der Waals surface area contributed by atoms with Crippen LogP contribution in [0.25, 0.3) is 0 Å². The first-order chi connectivity index (χ1) is 10.1. The Morgan fingerprint density at radius 3 is 2.52 bits per heavy atom. The van der Waals surface area contributed by atoms with Crippen molar-refractivity contribution in [3.63, 3.8) is 0 Å². The third kappa shape index (κ3) is 3.79. The monoisotopic (exact) mass is 286 g/mol. The normalized spacial score (nSPS) is 10.6. The van der Waals surface area contributed by atoms with Gasteiger partial charge in [-0.05, 0) is 31.2 Å². The van der Waals surface area contributed by atoms with E-state index >= 15 is 0 Å². The molecule has 0 radical (unpaired) electrons. The highest BCUT2D eigenvalue weighted by Gasteiger charge is 2.16. The summed E-state index contributed by atoms with van der Waals surface area (Å²) in [6.07, 6.45) is 1.39. The van der Waals surface area contributed by atoms with Crippen molar-refractivity contribution in [1.82, 2.24) is 0 Å². The molecule has 0 aliphatic rings. The van der Waals surface area contributed by atoms with Gasteiger partial charge in [0.2, 0.25) is 5.75 Å². The predicted molar refractivity (Wildman–Crippen MR) is 79.0 cm³/mol. The summed E-state index contributed by atoms with van der Waals surface area (Å²) < 4.78 is 5.57. The van der Waals surface area contributed by atoms with Gasteiger partial charge in [-0.25, -0.2) is 0 Å². The molecule has 21 heavy (non-hydrogen) atoms. The lowest BCUT2D eigenvalue weighted by atomic mass is 10.2. The van der Waals surface area contributed by atoms with Gasteiger partial charge < -0.3 is 9.57 Å². The van der Waals surface area contributed by atoms with E-state index in [-0.39, 0.29) is 11.4 Å². The molecular formula is C15H14N2O4. The highest BCUT2D eigenvalue weighted by Crippen LogP contribution is 2.31. The first-order valence-corrected chi connectivity index (χ1v) is 6.19. The standard InChI is InChI=1S/C15H14N2O4/c1-11-3-6-13(7-4-11)21-15-8-5-12(10-16-20-2)9-14(15)17(18)19/h3-10H,1-2H3/b16-10-. The number of nitro groups is 1. The summed E-state index contributed by atoms with van der Waals surface area (Å²) in [6, 6.07) is 11.9. The molecule has 6 nitrogen and oxygen atoms in total. The Balaban J connectivity index is 2.32. The van der Waals surface area contributed by atoms with Crippen LogP contribution in [0.3, 0.4) is 0 Å². The van der Waals surface area contributed by atoms with Gasteiger partial charge in [-0.15, -0.1) is 0 Å². The highest BCUT2D eigenvalue weighted by molar-refractivity contribution is 5.81. The van der Waals surface area contributed by atoms with E-state index < -0.39 is 4.92 Å². The maximum Gasteiger partial charge on any atom is 0.312 e. The summed E-state index contributed by atoms with van der Waals surface area (Å²) in [5.41, 5.74) is 1.51. The smallest absolute Gasteiger partial charge is 0.312 e. The van der Waals surface area contributed by atoms with Crippen molar-refractivity contribution in [3.8, 4) is 11.5 Å². The van der Waals surface area contributed by atoms with Crippen molar-refractivity contribution < 1.29 is 14.5 Å². The first kappa shape index (κ1) is 14.5. The number of nitrogens with zero attached hydrogens (tertiary/aromatic N) is 2. The highest BCUT2D eigenvalue weighted by atomic mass is 16.6. The van der Waals surface area contributed by atoms with Crippen LogP contribution in [0.2, 0.25) is 0 Å². The van der Waals surface area contributed by atoms with Gasteiger partial charge in [-0.1, -0.05) is 22.9 Å². The van der Waals surface area contributed by atoms with E-state index in [0.717, 1.165) is 5.56 Å². The van der Waals surface area contributed by atoms with Gasteiger partial charge in [-0.3, -0.25) is 10.1 Å². The lowest BCUT2D eigenvalue weighted by Crippen LogP contribution is -1.95. The molecule has 2 aromatic rings. The molecular weight excluding hydrogens is 272 g/mol. The molecule has 0 heterocycles. The number of hydrogen-bond donors (Lipinski definition) is 0. The van der Waals surface area contributed by atoms with Gasteiger partial charge in [-0.2, -0.15) is 0 Å². The molecule has 2 aromatic carbocycles. The van der Waals surface area contributed by atoms with E-state index in [0.29, 0.717) is 11.3 Å². The van der Waals surface area contributed by atoms with E-state index in [2.05, 4.69) is 9.99 Å². The fourth-order valence-corrected chi connectivity index (χ4v) is 1.69. The van der Waals surface area contributed by atoms with Crippen LogP contribution < -0.4 is 4.74 Å². The number of nitro benzene ring substituents is 1. The minimum Gasteiger partial charge on any atom is -0.450 e. The van der Waals surface area contributed by atoms with Crippen LogP contribution >= 0.6 is 0 Å². The van der Waals surface area contributed by atoms with Crippen molar-refractivity contribution in [1.29, 1.82) is 0 Å². The van der Waals surface area contributed by atoms with Crippen LogP contribution in [0.5, 0.6) is 11.5 Å². The summed E-state index contributed by atoms with van der Waals surface area (Å²) in [5, 5.41) is 14.7. The van der Waals surface area contributed by atoms with Gasteiger partial charge in [0.1, 0.15) is 12.9 Å². The lowest BCUT2D eigenvalue weighted by molar-refractivity contribution is -0.385. The number of hydrogen-bond acceptors (Lipinski definition) is 5. The summed E-state index contributed by atoms with van der Waals surface area (Å²) >= 11 is 0. The Morgan fingerprint density at radius 2 is 1.90 bits per heavy atom.